The third-order valence-electron chi connectivity index (χ3n) is 9.60. The number of aromatic nitrogens is 2. The van der Waals surface area contributed by atoms with Crippen molar-refractivity contribution in [2.45, 2.75) is 71.2 Å². The molecule has 5 aromatic rings. The van der Waals surface area contributed by atoms with E-state index in [1.165, 1.54) is 16.3 Å². The van der Waals surface area contributed by atoms with E-state index in [-0.39, 0.29) is 33.7 Å². The standard InChI is InChI=1S/C41H44ClN5O4S/c1-5-7-20-45(21-8-6-2)41(50)38-37(42)28(4)47(43-38)36-18-16-32(39(48)44-52(51)34-17-15-29-11-9-10-12-31(29)24-34)25-35(36)40(49)46-22-19-30-14-13-27(3)23-33(30)26-46/h9-18,23-25H,5-8,19-22,26H2,1-4H3,(H,44,48). The highest BCUT2D eigenvalue weighted by atomic mass is 35.5. The van der Waals surface area contributed by atoms with E-state index < -0.39 is 16.9 Å². The summed E-state index contributed by atoms with van der Waals surface area (Å²) in [6, 6.07) is 24.1. The van der Waals surface area contributed by atoms with Gasteiger partial charge in [-0.15, -0.1) is 0 Å². The highest BCUT2D eigenvalue weighted by Crippen LogP contribution is 2.29. The number of nitrogens with one attached hydrogen (secondary N) is 1. The van der Waals surface area contributed by atoms with Crippen LogP contribution in [0.3, 0.4) is 0 Å². The van der Waals surface area contributed by atoms with Gasteiger partial charge < -0.3 is 9.80 Å². The lowest BCUT2D eigenvalue weighted by Gasteiger charge is -2.30. The molecule has 1 N–H and O–H groups in total. The predicted molar refractivity (Wildman–Crippen MR) is 206 cm³/mol. The van der Waals surface area contributed by atoms with E-state index in [4.69, 9.17) is 16.7 Å². The quantitative estimate of drug-likeness (QED) is 0.140. The minimum atomic E-state index is -1.85. The van der Waals surface area contributed by atoms with E-state index in [0.29, 0.717) is 48.9 Å². The molecular formula is C41H44ClN5O4S. The summed E-state index contributed by atoms with van der Waals surface area (Å²) in [5, 5.41) is 6.84. The molecule has 6 rings (SSSR count). The molecule has 1 atom stereocenters. The van der Waals surface area contributed by atoms with Crippen LogP contribution in [0, 0.1) is 13.8 Å². The first-order valence-corrected chi connectivity index (χ1v) is 19.4. The number of nitrogens with zero attached hydrogens (tertiary/aromatic N) is 4. The maximum Gasteiger partial charge on any atom is 0.275 e. The summed E-state index contributed by atoms with van der Waals surface area (Å²) >= 11 is 6.83. The predicted octanol–water partition coefficient (Wildman–Crippen LogP) is 7.99. The summed E-state index contributed by atoms with van der Waals surface area (Å²) in [7, 11) is -1.85. The molecule has 1 unspecified atom stereocenters. The van der Waals surface area contributed by atoms with E-state index in [2.05, 4.69) is 36.8 Å². The van der Waals surface area contributed by atoms with Gasteiger partial charge in [0.15, 0.2) is 16.7 Å². The Kier molecular flexibility index (Phi) is 11.6. The molecule has 2 heterocycles. The number of rotatable bonds is 12. The Morgan fingerprint density at radius 2 is 1.62 bits per heavy atom. The number of halogens is 1. The Labute approximate surface area is 312 Å². The smallest absolute Gasteiger partial charge is 0.275 e. The number of aryl methyl sites for hydroxylation is 1. The van der Waals surface area contributed by atoms with Crippen LogP contribution in [0.2, 0.25) is 5.02 Å². The fourth-order valence-corrected chi connectivity index (χ4v) is 7.59. The molecule has 1 aliphatic heterocycles. The van der Waals surface area contributed by atoms with Crippen LogP contribution in [0.1, 0.15) is 93.1 Å². The van der Waals surface area contributed by atoms with Gasteiger partial charge >= 0.3 is 0 Å². The molecule has 11 heteroatoms. The molecule has 0 saturated carbocycles. The topological polar surface area (TPSA) is 105 Å². The maximum atomic E-state index is 14.5. The van der Waals surface area contributed by atoms with E-state index in [0.717, 1.165) is 47.6 Å². The lowest BCUT2D eigenvalue weighted by Crippen LogP contribution is -2.37. The van der Waals surface area contributed by atoms with E-state index in [1.54, 1.807) is 41.0 Å². The van der Waals surface area contributed by atoms with Crippen molar-refractivity contribution < 1.29 is 18.6 Å². The number of benzene rings is 4. The first kappa shape index (κ1) is 37.0. The summed E-state index contributed by atoms with van der Waals surface area (Å²) in [5.41, 5.74) is 4.78. The summed E-state index contributed by atoms with van der Waals surface area (Å²) in [4.78, 5) is 46.0. The summed E-state index contributed by atoms with van der Waals surface area (Å²) in [5.74, 6) is -1.14. The number of carbonyl (C=O) groups is 3. The molecule has 52 heavy (non-hydrogen) atoms. The number of fused-ring (bicyclic) bond motifs is 2. The minimum absolute atomic E-state index is 0.125. The second-order valence-corrected chi connectivity index (χ2v) is 14.9. The van der Waals surface area contributed by atoms with Crippen molar-refractivity contribution in [1.82, 2.24) is 24.3 Å². The third kappa shape index (κ3) is 7.83. The van der Waals surface area contributed by atoms with Crippen molar-refractivity contribution in [2.75, 3.05) is 19.6 Å². The van der Waals surface area contributed by atoms with Gasteiger partial charge in [0.05, 0.1) is 26.9 Å². The number of hydrogen-bond acceptors (Lipinski definition) is 5. The van der Waals surface area contributed by atoms with Gasteiger partial charge in [0.25, 0.3) is 17.7 Å². The normalized spacial score (nSPS) is 13.1. The highest BCUT2D eigenvalue weighted by molar-refractivity contribution is 7.83. The molecule has 9 nitrogen and oxygen atoms in total. The van der Waals surface area contributed by atoms with Crippen LogP contribution in [0.4, 0.5) is 0 Å². The molecule has 0 saturated heterocycles. The molecule has 270 valence electrons. The molecule has 1 aliphatic rings. The average Bonchev–Trinajstić information content (AvgIpc) is 3.46. The Balaban J connectivity index is 1.36. The molecule has 0 spiro atoms. The van der Waals surface area contributed by atoms with Gasteiger partial charge in [-0.3, -0.25) is 19.1 Å². The van der Waals surface area contributed by atoms with Crippen molar-refractivity contribution in [3.8, 4) is 5.69 Å². The summed E-state index contributed by atoms with van der Waals surface area (Å²) in [6.07, 6.45) is 4.30. The molecule has 0 radical (unpaired) electrons. The Morgan fingerprint density at radius 1 is 0.885 bits per heavy atom. The first-order valence-electron chi connectivity index (χ1n) is 17.9. The number of unbranched alkanes of at least 4 members (excludes halogenated alkanes) is 2. The van der Waals surface area contributed by atoms with Gasteiger partial charge in [-0.2, -0.15) is 5.10 Å². The molecule has 4 aromatic carbocycles. The van der Waals surface area contributed by atoms with Gasteiger partial charge in [-0.1, -0.05) is 92.4 Å². The zero-order valence-corrected chi connectivity index (χ0v) is 31.7. The monoisotopic (exact) mass is 737 g/mol. The largest absolute Gasteiger partial charge is 0.337 e. The van der Waals surface area contributed by atoms with Crippen LogP contribution in [-0.2, 0) is 24.0 Å². The van der Waals surface area contributed by atoms with Crippen molar-refractivity contribution in [2.24, 2.45) is 0 Å². The van der Waals surface area contributed by atoms with Gasteiger partial charge in [0.2, 0.25) is 0 Å². The third-order valence-corrected chi connectivity index (χ3v) is 11.1. The van der Waals surface area contributed by atoms with Gasteiger partial charge in [-0.25, -0.2) is 8.89 Å². The average molecular weight is 738 g/mol. The summed E-state index contributed by atoms with van der Waals surface area (Å²) in [6.45, 7) is 10.0. The van der Waals surface area contributed by atoms with Crippen molar-refractivity contribution >= 4 is 51.1 Å². The molecule has 0 aliphatic carbocycles. The van der Waals surface area contributed by atoms with Crippen LogP contribution in [-0.4, -0.2) is 61.1 Å². The Morgan fingerprint density at radius 3 is 2.35 bits per heavy atom. The van der Waals surface area contributed by atoms with Crippen LogP contribution < -0.4 is 4.72 Å². The second kappa shape index (κ2) is 16.3. The van der Waals surface area contributed by atoms with Crippen molar-refractivity contribution in [3.05, 3.63) is 123 Å². The maximum absolute atomic E-state index is 14.5. The molecular weight excluding hydrogens is 694 g/mol. The van der Waals surface area contributed by atoms with Crippen LogP contribution in [0.15, 0.2) is 83.8 Å². The molecule has 1 aromatic heterocycles. The minimum Gasteiger partial charge on any atom is -0.337 e. The van der Waals surface area contributed by atoms with Gasteiger partial charge in [0.1, 0.15) is 0 Å². The lowest BCUT2D eigenvalue weighted by atomic mass is 9.97. The van der Waals surface area contributed by atoms with Crippen LogP contribution in [0.5, 0.6) is 0 Å². The van der Waals surface area contributed by atoms with Crippen LogP contribution >= 0.6 is 11.6 Å². The van der Waals surface area contributed by atoms with Gasteiger partial charge in [0, 0.05) is 31.7 Å². The van der Waals surface area contributed by atoms with Crippen LogP contribution in [0.25, 0.3) is 16.5 Å². The number of amides is 3. The summed E-state index contributed by atoms with van der Waals surface area (Å²) < 4.78 is 17.5. The SMILES string of the molecule is CCCCN(CCCC)C(=O)c1nn(-c2ccc(C(=O)NS(=O)c3ccc4ccccc4c3)cc2C(=O)N2CCc3ccc(C)cc3C2)c(C)c1Cl. The first-order chi connectivity index (χ1) is 25.1. The number of carbonyl (C=O) groups excluding carboxylic acids is 3. The van der Waals surface area contributed by atoms with E-state index in [1.807, 2.05) is 37.3 Å². The Hall–Kier alpha value is -4.80. The highest BCUT2D eigenvalue weighted by Gasteiger charge is 2.29. The molecule has 0 fully saturated rings. The lowest BCUT2D eigenvalue weighted by molar-refractivity contribution is 0.0732. The Bertz CT molecular complexity index is 2170. The zero-order valence-electron chi connectivity index (χ0n) is 30.1. The number of hydrogen-bond donors (Lipinski definition) is 1. The van der Waals surface area contributed by atoms with E-state index in [9.17, 15) is 18.6 Å². The molecule has 3 amide bonds. The zero-order chi connectivity index (χ0) is 36.9. The fourth-order valence-electron chi connectivity index (χ4n) is 6.56. The molecule has 0 bridgehead atoms. The second-order valence-electron chi connectivity index (χ2n) is 13.3. The van der Waals surface area contributed by atoms with Gasteiger partial charge in [-0.05, 0) is 85.3 Å². The van der Waals surface area contributed by atoms with E-state index >= 15 is 0 Å². The van der Waals surface area contributed by atoms with Crippen molar-refractivity contribution in [3.63, 3.8) is 0 Å². The van der Waals surface area contributed by atoms with Crippen molar-refractivity contribution in [1.29, 1.82) is 0 Å². The fraction of sp³-hybridized carbons (Fsp3) is 0.317.